The van der Waals surface area contributed by atoms with E-state index in [1.165, 1.54) is 12.8 Å². The molecule has 0 atom stereocenters. The topological polar surface area (TPSA) is 61.0 Å². The van der Waals surface area contributed by atoms with Crippen molar-refractivity contribution in [3.63, 3.8) is 0 Å². The number of rotatable bonds is 5. The molecule has 0 saturated heterocycles. The van der Waals surface area contributed by atoms with Gasteiger partial charge in [0.1, 0.15) is 5.82 Å². The first-order valence-electron chi connectivity index (χ1n) is 5.89. The Balaban J connectivity index is 2.09. The molecule has 0 bridgehead atoms. The Labute approximate surface area is 96.2 Å². The zero-order valence-corrected chi connectivity index (χ0v) is 9.94. The predicted octanol–water partition coefficient (Wildman–Crippen LogP) is 1.85. The van der Waals surface area contributed by atoms with Crippen molar-refractivity contribution in [3.8, 4) is 5.75 Å². The third-order valence-corrected chi connectivity index (χ3v) is 2.73. The van der Waals surface area contributed by atoms with Crippen LogP contribution in [0.15, 0.2) is 6.20 Å². The van der Waals surface area contributed by atoms with Gasteiger partial charge in [0.05, 0.1) is 18.5 Å². The molecule has 2 N–H and O–H groups in total. The van der Waals surface area contributed by atoms with E-state index in [-0.39, 0.29) is 0 Å². The summed E-state index contributed by atoms with van der Waals surface area (Å²) in [5.74, 6) is 2.64. The molecule has 0 aromatic carbocycles. The molecule has 0 amide bonds. The van der Waals surface area contributed by atoms with E-state index < -0.39 is 0 Å². The number of hydrogen-bond acceptors (Lipinski definition) is 4. The molecule has 4 nitrogen and oxygen atoms in total. The van der Waals surface area contributed by atoms with Crippen LogP contribution in [-0.2, 0) is 6.54 Å². The van der Waals surface area contributed by atoms with Gasteiger partial charge in [-0.1, -0.05) is 13.8 Å². The SMILES string of the molecule is CC(C)c1ncc(OCC2CC2)c(CN)n1. The fourth-order valence-electron chi connectivity index (χ4n) is 1.46. The van der Waals surface area contributed by atoms with E-state index in [9.17, 15) is 0 Å². The Morgan fingerprint density at radius 2 is 2.25 bits per heavy atom. The lowest BCUT2D eigenvalue weighted by Gasteiger charge is -2.11. The zero-order chi connectivity index (χ0) is 11.5. The highest BCUT2D eigenvalue weighted by molar-refractivity contribution is 5.25. The quantitative estimate of drug-likeness (QED) is 0.824. The maximum absolute atomic E-state index is 5.68. The van der Waals surface area contributed by atoms with Crippen LogP contribution >= 0.6 is 0 Å². The van der Waals surface area contributed by atoms with Gasteiger partial charge in [-0.25, -0.2) is 9.97 Å². The van der Waals surface area contributed by atoms with Gasteiger partial charge in [0.15, 0.2) is 5.75 Å². The highest BCUT2D eigenvalue weighted by Crippen LogP contribution is 2.30. The van der Waals surface area contributed by atoms with Crippen molar-refractivity contribution in [2.75, 3.05) is 6.61 Å². The molecular formula is C12H19N3O. The van der Waals surface area contributed by atoms with E-state index >= 15 is 0 Å². The molecule has 1 aromatic heterocycles. The lowest BCUT2D eigenvalue weighted by Crippen LogP contribution is -2.10. The van der Waals surface area contributed by atoms with Crippen LogP contribution in [0.1, 0.15) is 44.1 Å². The summed E-state index contributed by atoms with van der Waals surface area (Å²) in [6, 6.07) is 0. The molecule has 1 fully saturated rings. The Bertz CT molecular complexity index is 361. The van der Waals surface area contributed by atoms with Crippen molar-refractivity contribution in [1.29, 1.82) is 0 Å². The molecule has 2 rings (SSSR count). The highest BCUT2D eigenvalue weighted by Gasteiger charge is 2.22. The highest BCUT2D eigenvalue weighted by atomic mass is 16.5. The summed E-state index contributed by atoms with van der Waals surface area (Å²) in [6.07, 6.45) is 4.32. The molecule has 1 saturated carbocycles. The van der Waals surface area contributed by atoms with E-state index in [0.717, 1.165) is 29.8 Å². The minimum Gasteiger partial charge on any atom is -0.490 e. The lowest BCUT2D eigenvalue weighted by molar-refractivity contribution is 0.293. The number of hydrogen-bond donors (Lipinski definition) is 1. The molecule has 16 heavy (non-hydrogen) atoms. The van der Waals surface area contributed by atoms with Crippen molar-refractivity contribution < 1.29 is 4.74 Å². The standard InChI is InChI=1S/C12H19N3O/c1-8(2)12-14-6-11(10(5-13)15-12)16-7-9-3-4-9/h6,8-9H,3-5,7,13H2,1-2H3. The first kappa shape index (κ1) is 11.3. The van der Waals surface area contributed by atoms with Gasteiger partial charge in [-0.2, -0.15) is 0 Å². The van der Waals surface area contributed by atoms with Gasteiger partial charge in [0.2, 0.25) is 0 Å². The second kappa shape index (κ2) is 4.78. The van der Waals surface area contributed by atoms with Crippen LogP contribution in [-0.4, -0.2) is 16.6 Å². The van der Waals surface area contributed by atoms with Crippen LogP contribution in [0.25, 0.3) is 0 Å². The molecule has 1 aliphatic carbocycles. The molecular weight excluding hydrogens is 202 g/mol. The average Bonchev–Trinajstić information content (AvgIpc) is 3.09. The fourth-order valence-corrected chi connectivity index (χ4v) is 1.46. The number of nitrogens with zero attached hydrogens (tertiary/aromatic N) is 2. The second-order valence-corrected chi connectivity index (χ2v) is 4.65. The zero-order valence-electron chi connectivity index (χ0n) is 9.94. The molecule has 1 aromatic rings. The predicted molar refractivity (Wildman–Crippen MR) is 62.2 cm³/mol. The van der Waals surface area contributed by atoms with Gasteiger partial charge in [-0.3, -0.25) is 0 Å². The van der Waals surface area contributed by atoms with E-state index in [0.29, 0.717) is 12.5 Å². The summed E-state index contributed by atoms with van der Waals surface area (Å²) in [5.41, 5.74) is 6.49. The molecule has 0 unspecified atom stereocenters. The van der Waals surface area contributed by atoms with Gasteiger partial charge in [0, 0.05) is 12.5 Å². The van der Waals surface area contributed by atoms with Gasteiger partial charge in [0.25, 0.3) is 0 Å². The van der Waals surface area contributed by atoms with E-state index in [2.05, 4.69) is 23.8 Å². The number of ether oxygens (including phenoxy) is 1. The van der Waals surface area contributed by atoms with Crippen molar-refractivity contribution >= 4 is 0 Å². The van der Waals surface area contributed by atoms with Gasteiger partial charge in [-0.15, -0.1) is 0 Å². The molecule has 1 aliphatic rings. The second-order valence-electron chi connectivity index (χ2n) is 4.65. The molecule has 4 heteroatoms. The van der Waals surface area contributed by atoms with Crippen LogP contribution < -0.4 is 10.5 Å². The van der Waals surface area contributed by atoms with Crippen LogP contribution in [0.5, 0.6) is 5.75 Å². The van der Waals surface area contributed by atoms with Crippen molar-refractivity contribution in [1.82, 2.24) is 9.97 Å². The van der Waals surface area contributed by atoms with Crippen LogP contribution in [0, 0.1) is 5.92 Å². The normalized spacial score (nSPS) is 15.5. The third-order valence-electron chi connectivity index (χ3n) is 2.73. The Kier molecular flexibility index (Phi) is 3.39. The monoisotopic (exact) mass is 221 g/mol. The maximum atomic E-state index is 5.68. The fraction of sp³-hybridized carbons (Fsp3) is 0.667. The molecule has 0 spiro atoms. The largest absolute Gasteiger partial charge is 0.490 e. The van der Waals surface area contributed by atoms with Crippen molar-refractivity contribution in [3.05, 3.63) is 17.7 Å². The smallest absolute Gasteiger partial charge is 0.160 e. The summed E-state index contributed by atoms with van der Waals surface area (Å²) >= 11 is 0. The van der Waals surface area contributed by atoms with Crippen molar-refractivity contribution in [2.45, 2.75) is 39.2 Å². The van der Waals surface area contributed by atoms with Crippen LogP contribution in [0.3, 0.4) is 0 Å². The molecule has 88 valence electrons. The lowest BCUT2D eigenvalue weighted by atomic mass is 10.2. The third kappa shape index (κ3) is 2.70. The minimum absolute atomic E-state index is 0.322. The van der Waals surface area contributed by atoms with Gasteiger partial charge >= 0.3 is 0 Å². The average molecular weight is 221 g/mol. The summed E-state index contributed by atoms with van der Waals surface area (Å²) < 4.78 is 5.68. The molecule has 1 heterocycles. The summed E-state index contributed by atoms with van der Waals surface area (Å²) in [6.45, 7) is 5.32. The summed E-state index contributed by atoms with van der Waals surface area (Å²) in [5, 5.41) is 0. The van der Waals surface area contributed by atoms with E-state index in [1.54, 1.807) is 6.20 Å². The van der Waals surface area contributed by atoms with E-state index in [1.807, 2.05) is 0 Å². The minimum atomic E-state index is 0.322. The maximum Gasteiger partial charge on any atom is 0.160 e. The number of aromatic nitrogens is 2. The summed E-state index contributed by atoms with van der Waals surface area (Å²) in [4.78, 5) is 8.72. The van der Waals surface area contributed by atoms with Gasteiger partial charge in [-0.05, 0) is 18.8 Å². The number of nitrogens with two attached hydrogens (primary N) is 1. The van der Waals surface area contributed by atoms with E-state index in [4.69, 9.17) is 10.5 Å². The van der Waals surface area contributed by atoms with Crippen LogP contribution in [0.4, 0.5) is 0 Å². The summed E-state index contributed by atoms with van der Waals surface area (Å²) in [7, 11) is 0. The Morgan fingerprint density at radius 3 is 2.81 bits per heavy atom. The Hall–Kier alpha value is -1.16. The first-order valence-corrected chi connectivity index (χ1v) is 5.89. The Morgan fingerprint density at radius 1 is 1.50 bits per heavy atom. The van der Waals surface area contributed by atoms with Crippen LogP contribution in [0.2, 0.25) is 0 Å². The first-order chi connectivity index (χ1) is 7.70. The van der Waals surface area contributed by atoms with Crippen molar-refractivity contribution in [2.24, 2.45) is 11.7 Å². The molecule has 0 aliphatic heterocycles. The molecule has 0 radical (unpaired) electrons. The van der Waals surface area contributed by atoms with Gasteiger partial charge < -0.3 is 10.5 Å².